The van der Waals surface area contributed by atoms with Crippen molar-refractivity contribution in [2.24, 2.45) is 10.7 Å². The fraction of sp³-hybridized carbons (Fsp3) is 0.312. The molecule has 0 spiro atoms. The molecule has 0 aliphatic heterocycles. The Morgan fingerprint density at radius 3 is 2.73 bits per heavy atom. The van der Waals surface area contributed by atoms with Gasteiger partial charge < -0.3 is 15.8 Å². The second-order valence-corrected chi connectivity index (χ2v) is 5.59. The first kappa shape index (κ1) is 18.9. The zero-order chi connectivity index (χ0) is 14.8. The van der Waals surface area contributed by atoms with E-state index in [0.29, 0.717) is 25.7 Å². The molecule has 2 rings (SSSR count). The van der Waals surface area contributed by atoms with Crippen molar-refractivity contribution in [1.82, 2.24) is 5.32 Å². The first-order chi connectivity index (χ1) is 10.3. The van der Waals surface area contributed by atoms with Crippen molar-refractivity contribution in [2.75, 3.05) is 19.7 Å². The second kappa shape index (κ2) is 11.4. The Morgan fingerprint density at radius 2 is 2.00 bits per heavy atom. The summed E-state index contributed by atoms with van der Waals surface area (Å²) in [6, 6.07) is 14.3. The molecular weight excluding hydrogens is 409 g/mol. The van der Waals surface area contributed by atoms with E-state index < -0.39 is 0 Å². The Labute approximate surface area is 152 Å². The largest absolute Gasteiger partial charge is 0.375 e. The van der Waals surface area contributed by atoms with Gasteiger partial charge in [0.2, 0.25) is 0 Å². The third-order valence-electron chi connectivity index (χ3n) is 2.89. The number of aliphatic imine (C=N–C) groups is 1. The SMILES string of the molecule is I.NC(=NCCOCc1ccccc1)NCCc1cccs1. The van der Waals surface area contributed by atoms with E-state index in [-0.39, 0.29) is 24.0 Å². The summed E-state index contributed by atoms with van der Waals surface area (Å²) in [4.78, 5) is 5.58. The molecule has 0 amide bonds. The zero-order valence-electron chi connectivity index (χ0n) is 12.4. The molecule has 0 bridgehead atoms. The lowest BCUT2D eigenvalue weighted by atomic mass is 10.2. The van der Waals surface area contributed by atoms with Crippen LogP contribution in [0, 0.1) is 0 Å². The molecule has 2 aromatic rings. The molecule has 1 heterocycles. The zero-order valence-corrected chi connectivity index (χ0v) is 15.6. The van der Waals surface area contributed by atoms with Gasteiger partial charge in [-0.1, -0.05) is 36.4 Å². The summed E-state index contributed by atoms with van der Waals surface area (Å²) >= 11 is 1.76. The molecule has 6 heteroatoms. The van der Waals surface area contributed by atoms with E-state index in [1.807, 2.05) is 30.3 Å². The van der Waals surface area contributed by atoms with Crippen molar-refractivity contribution < 1.29 is 4.74 Å². The van der Waals surface area contributed by atoms with Crippen LogP contribution in [-0.4, -0.2) is 25.7 Å². The monoisotopic (exact) mass is 431 g/mol. The molecule has 0 aliphatic rings. The minimum atomic E-state index is 0. The molecule has 22 heavy (non-hydrogen) atoms. The molecular formula is C16H22IN3OS. The summed E-state index contributed by atoms with van der Waals surface area (Å²) < 4.78 is 5.54. The van der Waals surface area contributed by atoms with Gasteiger partial charge in [-0.05, 0) is 23.4 Å². The van der Waals surface area contributed by atoms with Crippen LogP contribution in [0.2, 0.25) is 0 Å². The summed E-state index contributed by atoms with van der Waals surface area (Å²) in [5, 5.41) is 5.19. The van der Waals surface area contributed by atoms with Gasteiger partial charge in [-0.2, -0.15) is 0 Å². The Kier molecular flexibility index (Phi) is 9.85. The Bertz CT molecular complexity index is 532. The third kappa shape index (κ3) is 7.77. The van der Waals surface area contributed by atoms with Crippen molar-refractivity contribution in [3.8, 4) is 0 Å². The number of hydrogen-bond acceptors (Lipinski definition) is 3. The van der Waals surface area contributed by atoms with Crippen molar-refractivity contribution in [3.63, 3.8) is 0 Å². The van der Waals surface area contributed by atoms with Crippen LogP contribution in [0.25, 0.3) is 0 Å². The van der Waals surface area contributed by atoms with E-state index in [2.05, 4.69) is 27.8 Å². The summed E-state index contributed by atoms with van der Waals surface area (Å²) in [5.74, 6) is 0.481. The molecule has 1 aromatic heterocycles. The fourth-order valence-electron chi connectivity index (χ4n) is 1.82. The number of nitrogens with zero attached hydrogens (tertiary/aromatic N) is 1. The number of rotatable bonds is 8. The fourth-order valence-corrected chi connectivity index (χ4v) is 2.53. The van der Waals surface area contributed by atoms with Crippen LogP contribution in [0.3, 0.4) is 0 Å². The maximum Gasteiger partial charge on any atom is 0.188 e. The topological polar surface area (TPSA) is 59.6 Å². The van der Waals surface area contributed by atoms with Crippen LogP contribution in [-0.2, 0) is 17.8 Å². The first-order valence-corrected chi connectivity index (χ1v) is 7.90. The average molecular weight is 431 g/mol. The first-order valence-electron chi connectivity index (χ1n) is 7.02. The van der Waals surface area contributed by atoms with Crippen molar-refractivity contribution in [2.45, 2.75) is 13.0 Å². The number of halogens is 1. The summed E-state index contributed by atoms with van der Waals surface area (Å²) in [7, 11) is 0. The molecule has 1 aromatic carbocycles. The van der Waals surface area contributed by atoms with E-state index >= 15 is 0 Å². The normalized spacial score (nSPS) is 11.0. The average Bonchev–Trinajstić information content (AvgIpc) is 3.01. The van der Waals surface area contributed by atoms with Gasteiger partial charge >= 0.3 is 0 Å². The lowest BCUT2D eigenvalue weighted by molar-refractivity contribution is 0.128. The van der Waals surface area contributed by atoms with E-state index in [1.54, 1.807) is 11.3 Å². The van der Waals surface area contributed by atoms with Crippen LogP contribution < -0.4 is 11.1 Å². The molecule has 0 aliphatic carbocycles. The van der Waals surface area contributed by atoms with E-state index in [1.165, 1.54) is 10.4 Å². The van der Waals surface area contributed by atoms with E-state index in [9.17, 15) is 0 Å². The van der Waals surface area contributed by atoms with Gasteiger partial charge in [0.15, 0.2) is 5.96 Å². The van der Waals surface area contributed by atoms with Gasteiger partial charge in [0.25, 0.3) is 0 Å². The number of guanidine groups is 1. The van der Waals surface area contributed by atoms with E-state index in [4.69, 9.17) is 10.5 Å². The lowest BCUT2D eigenvalue weighted by Crippen LogP contribution is -2.33. The van der Waals surface area contributed by atoms with Gasteiger partial charge in [0, 0.05) is 11.4 Å². The van der Waals surface area contributed by atoms with Crippen molar-refractivity contribution >= 4 is 41.3 Å². The predicted octanol–water partition coefficient (Wildman–Crippen LogP) is 3.03. The number of thiophene rings is 1. The standard InChI is InChI=1S/C16H21N3OS.HI/c17-16(18-9-8-15-7-4-12-21-15)19-10-11-20-13-14-5-2-1-3-6-14;/h1-7,12H,8-11,13H2,(H3,17,18,19);1H. The molecule has 0 atom stereocenters. The maximum atomic E-state index is 5.79. The van der Waals surface area contributed by atoms with Gasteiger partial charge in [0.1, 0.15) is 0 Å². The second-order valence-electron chi connectivity index (χ2n) is 4.56. The number of hydrogen-bond donors (Lipinski definition) is 2. The quantitative estimate of drug-likeness (QED) is 0.293. The number of benzene rings is 1. The molecule has 120 valence electrons. The van der Waals surface area contributed by atoms with Crippen molar-refractivity contribution in [1.29, 1.82) is 0 Å². The number of nitrogens with one attached hydrogen (secondary N) is 1. The summed E-state index contributed by atoms with van der Waals surface area (Å²) in [5.41, 5.74) is 6.96. The molecule has 0 radical (unpaired) electrons. The highest BCUT2D eigenvalue weighted by molar-refractivity contribution is 14.0. The molecule has 0 saturated heterocycles. The van der Waals surface area contributed by atoms with Gasteiger partial charge in [-0.3, -0.25) is 4.99 Å². The Hall–Kier alpha value is -1.12. The highest BCUT2D eigenvalue weighted by Crippen LogP contribution is 2.07. The smallest absolute Gasteiger partial charge is 0.188 e. The molecule has 3 N–H and O–H groups in total. The minimum absolute atomic E-state index is 0. The van der Waals surface area contributed by atoms with Gasteiger partial charge in [0.05, 0.1) is 19.8 Å². The predicted molar refractivity (Wildman–Crippen MR) is 104 cm³/mol. The molecule has 0 saturated carbocycles. The van der Waals surface area contributed by atoms with E-state index in [0.717, 1.165) is 13.0 Å². The Balaban J connectivity index is 0.00000242. The van der Waals surface area contributed by atoms with Crippen LogP contribution in [0.15, 0.2) is 52.8 Å². The third-order valence-corrected chi connectivity index (χ3v) is 3.82. The number of ether oxygens (including phenoxy) is 1. The van der Waals surface area contributed by atoms with Crippen LogP contribution in [0.1, 0.15) is 10.4 Å². The van der Waals surface area contributed by atoms with Gasteiger partial charge in [-0.25, -0.2) is 0 Å². The number of nitrogens with two attached hydrogens (primary N) is 1. The molecule has 4 nitrogen and oxygen atoms in total. The lowest BCUT2D eigenvalue weighted by Gasteiger charge is -2.05. The highest BCUT2D eigenvalue weighted by Gasteiger charge is 1.95. The highest BCUT2D eigenvalue weighted by atomic mass is 127. The van der Waals surface area contributed by atoms with Crippen molar-refractivity contribution in [3.05, 3.63) is 58.3 Å². The maximum absolute atomic E-state index is 5.79. The summed E-state index contributed by atoms with van der Waals surface area (Å²) in [6.45, 7) is 2.57. The molecule has 0 unspecified atom stereocenters. The minimum Gasteiger partial charge on any atom is -0.375 e. The molecule has 0 fully saturated rings. The van der Waals surface area contributed by atoms with Crippen LogP contribution in [0.4, 0.5) is 0 Å². The summed E-state index contributed by atoms with van der Waals surface area (Å²) in [6.07, 6.45) is 0.971. The van der Waals surface area contributed by atoms with Gasteiger partial charge in [-0.15, -0.1) is 35.3 Å². The van der Waals surface area contributed by atoms with Crippen LogP contribution >= 0.6 is 35.3 Å². The van der Waals surface area contributed by atoms with Crippen LogP contribution in [0.5, 0.6) is 0 Å². The Morgan fingerprint density at radius 1 is 1.18 bits per heavy atom.